The van der Waals surface area contributed by atoms with Gasteiger partial charge in [0.2, 0.25) is 35.4 Å². The molecule has 0 aromatic carbocycles. The number of hydrogen-bond donors (Lipinski definition) is 10. The van der Waals surface area contributed by atoms with Gasteiger partial charge in [0.1, 0.15) is 60.8 Å². The van der Waals surface area contributed by atoms with Gasteiger partial charge in [-0.1, -0.05) is 66.1 Å². The number of carbonyl (C=O) groups excluding carboxylic acids is 6. The molecule has 0 atom stereocenters. The van der Waals surface area contributed by atoms with Crippen molar-refractivity contribution in [3.8, 4) is 0 Å². The van der Waals surface area contributed by atoms with E-state index in [-0.39, 0.29) is 175 Å². The fourth-order valence-electron chi connectivity index (χ4n) is 5.33. The molecule has 0 fully saturated rings. The van der Waals surface area contributed by atoms with Crippen molar-refractivity contribution in [3.05, 3.63) is 114 Å². The van der Waals surface area contributed by atoms with Gasteiger partial charge in [-0.3, -0.25) is 28.8 Å². The lowest BCUT2D eigenvalue weighted by Gasteiger charge is -2.33. The minimum absolute atomic E-state index is 0.000602. The molecule has 32 nitrogen and oxygen atoms in total. The highest BCUT2D eigenvalue weighted by molar-refractivity contribution is 5.88. The minimum Gasteiger partial charge on any atom is -0.516 e. The highest BCUT2D eigenvalue weighted by Crippen LogP contribution is 2.24. The number of carbonyl (C=O) groups is 6. The number of aliphatic hydroxyl groups is 4. The van der Waals surface area contributed by atoms with Crippen LogP contribution in [-0.2, 0) is 105 Å². The molecule has 0 aliphatic carbocycles. The first kappa shape index (κ1) is 91.9. The average Bonchev–Trinajstić information content (AvgIpc) is 1.61. The van der Waals surface area contributed by atoms with E-state index in [1.807, 2.05) is 6.92 Å². The zero-order valence-electron chi connectivity index (χ0n) is 52.3. The Morgan fingerprint density at radius 1 is 0.300 bits per heavy atom. The quantitative estimate of drug-likeness (QED) is 0.0176. The second-order valence-corrected chi connectivity index (χ2v) is 16.7. The molecule has 0 aliphatic rings. The lowest BCUT2D eigenvalue weighted by Crippen LogP contribution is -2.43. The van der Waals surface area contributed by atoms with E-state index in [0.29, 0.717) is 65.9 Å². The van der Waals surface area contributed by atoms with Crippen LogP contribution in [0, 0.1) is 10.8 Å². The molecule has 0 saturated heterocycles. The Kier molecular flexibility index (Phi) is 76.3. The number of amides is 6. The van der Waals surface area contributed by atoms with Gasteiger partial charge in [-0.15, -0.1) is 0 Å². The van der Waals surface area contributed by atoms with Gasteiger partial charge in [0.05, 0.1) is 163 Å². The van der Waals surface area contributed by atoms with E-state index in [0.717, 1.165) is 55.2 Å². The monoisotopic (exact) mass is 1300 g/mol. The van der Waals surface area contributed by atoms with Gasteiger partial charge in [0, 0.05) is 5.41 Å². The fourth-order valence-corrected chi connectivity index (χ4v) is 5.33. The molecule has 0 radical (unpaired) electrons. The summed E-state index contributed by atoms with van der Waals surface area (Å²) >= 11 is 0. The van der Waals surface area contributed by atoms with Crippen LogP contribution in [0.15, 0.2) is 114 Å². The Bertz CT molecular complexity index is 1660. The third-order valence-corrected chi connectivity index (χ3v) is 9.78. The Hall–Kier alpha value is -6.80. The third-order valence-electron chi connectivity index (χ3n) is 9.78. The number of ether oxygens (including phenoxy) is 16. The van der Waals surface area contributed by atoms with Crippen molar-refractivity contribution in [2.75, 3.05) is 200 Å². The summed E-state index contributed by atoms with van der Waals surface area (Å²) in [6, 6.07) is 0. The van der Waals surface area contributed by atoms with Gasteiger partial charge in [-0.05, 0) is 42.9 Å². The second kappa shape index (κ2) is 74.7. The molecule has 0 saturated carbocycles. The molecule has 520 valence electrons. The van der Waals surface area contributed by atoms with Crippen molar-refractivity contribution in [2.45, 2.75) is 13.3 Å². The molecule has 0 aromatic rings. The van der Waals surface area contributed by atoms with Crippen molar-refractivity contribution >= 4 is 35.4 Å². The molecule has 6 amide bonds. The fraction of sp³-hybridized carbons (Fsp3) is 0.586. The van der Waals surface area contributed by atoms with E-state index in [9.17, 15) is 28.8 Å². The maximum absolute atomic E-state index is 11.1. The van der Waals surface area contributed by atoms with Crippen molar-refractivity contribution in [1.29, 1.82) is 0 Å². The molecule has 10 N–H and O–H groups in total. The van der Waals surface area contributed by atoms with Crippen LogP contribution < -0.4 is 31.9 Å². The molecule has 0 heterocycles. The summed E-state index contributed by atoms with van der Waals surface area (Å²) < 4.78 is 87.9. The van der Waals surface area contributed by atoms with Gasteiger partial charge in [-0.25, -0.2) is 0 Å². The summed E-state index contributed by atoms with van der Waals surface area (Å²) in [6.07, 6.45) is 9.84. The highest BCUT2D eigenvalue weighted by atomic mass is 16.7. The smallest absolute Gasteiger partial charge is 0.245 e. The SMILES string of the molecule is C=CC(=O)NCOCCOCC(COCCO)(COCCOCNC(=O)C=C)COCCOCNC(=O)C=C.C=CC(=O)NCOCOCCOCC(CC)(COCCOCOCNC(=O)C=C)COCCOCOCNC(=O)C=C.C=CO.C=CO.C=CO. The summed E-state index contributed by atoms with van der Waals surface area (Å²) in [5.74, 6) is -2.02. The van der Waals surface area contributed by atoms with Gasteiger partial charge >= 0.3 is 0 Å². The van der Waals surface area contributed by atoms with Crippen molar-refractivity contribution < 1.29 is 125 Å². The van der Waals surface area contributed by atoms with Crippen LogP contribution in [0.25, 0.3) is 0 Å². The van der Waals surface area contributed by atoms with Gasteiger partial charge < -0.3 is 128 Å². The predicted molar refractivity (Wildman–Crippen MR) is 329 cm³/mol. The summed E-state index contributed by atoms with van der Waals surface area (Å²) in [6.45, 7) is 35.9. The number of nitrogens with one attached hydrogen (secondary N) is 6. The van der Waals surface area contributed by atoms with E-state index >= 15 is 0 Å². The lowest BCUT2D eigenvalue weighted by molar-refractivity contribution is -0.125. The number of rotatable bonds is 59. The Balaban J connectivity index is -0.000000473. The summed E-state index contributed by atoms with van der Waals surface area (Å²) in [4.78, 5) is 66.6. The van der Waals surface area contributed by atoms with Gasteiger partial charge in [0.15, 0.2) is 0 Å². The topological polar surface area (TPSA) is 403 Å². The second-order valence-electron chi connectivity index (χ2n) is 16.7. The molecular formula is C58H102N6O26. The number of hydrogen-bond acceptors (Lipinski definition) is 26. The normalized spacial score (nSPS) is 10.3. The van der Waals surface area contributed by atoms with E-state index in [2.05, 4.69) is 91.1 Å². The number of aliphatic hydroxyl groups excluding tert-OH is 4. The van der Waals surface area contributed by atoms with E-state index in [1.165, 1.54) is 0 Å². The first-order valence-corrected chi connectivity index (χ1v) is 27.6. The first-order valence-electron chi connectivity index (χ1n) is 27.6. The Morgan fingerprint density at radius 3 is 0.678 bits per heavy atom. The molecule has 32 heteroatoms. The molecule has 90 heavy (non-hydrogen) atoms. The maximum atomic E-state index is 11.1. The van der Waals surface area contributed by atoms with Crippen LogP contribution in [-0.4, -0.2) is 255 Å². The van der Waals surface area contributed by atoms with E-state index in [1.54, 1.807) is 0 Å². The highest BCUT2D eigenvalue weighted by Gasteiger charge is 2.33. The van der Waals surface area contributed by atoms with E-state index < -0.39 is 10.8 Å². The zero-order valence-corrected chi connectivity index (χ0v) is 52.3. The first-order chi connectivity index (χ1) is 43.6. The molecule has 0 aliphatic heterocycles. The molecule has 0 unspecified atom stereocenters. The maximum Gasteiger partial charge on any atom is 0.245 e. The molecule has 0 aromatic heterocycles. The minimum atomic E-state index is -0.750. The largest absolute Gasteiger partial charge is 0.516 e. The molecule has 0 rings (SSSR count). The van der Waals surface area contributed by atoms with Crippen molar-refractivity contribution in [3.63, 3.8) is 0 Å². The zero-order chi connectivity index (χ0) is 68.3. The van der Waals surface area contributed by atoms with Crippen molar-refractivity contribution in [2.24, 2.45) is 10.8 Å². The Labute approximate surface area is 529 Å². The van der Waals surface area contributed by atoms with Crippen LogP contribution >= 0.6 is 0 Å². The Morgan fingerprint density at radius 2 is 0.478 bits per heavy atom. The van der Waals surface area contributed by atoms with E-state index in [4.69, 9.17) is 96.2 Å². The summed E-state index contributed by atoms with van der Waals surface area (Å²) in [5.41, 5.74) is -1.19. The van der Waals surface area contributed by atoms with Crippen molar-refractivity contribution in [1.82, 2.24) is 31.9 Å². The van der Waals surface area contributed by atoms with Crippen LogP contribution in [0.3, 0.4) is 0 Å². The average molecular weight is 1300 g/mol. The third kappa shape index (κ3) is 70.3. The summed E-state index contributed by atoms with van der Waals surface area (Å²) in [7, 11) is 0. The lowest BCUT2D eigenvalue weighted by atomic mass is 9.88. The molecule has 0 spiro atoms. The summed E-state index contributed by atoms with van der Waals surface area (Å²) in [5, 5.41) is 46.0. The van der Waals surface area contributed by atoms with Gasteiger partial charge in [-0.2, -0.15) is 0 Å². The van der Waals surface area contributed by atoms with Gasteiger partial charge in [0.25, 0.3) is 0 Å². The predicted octanol–water partition coefficient (Wildman–Crippen LogP) is 1.11. The standard InChI is InChI=1S/C27H47N3O12.C25H43N3O11.3C2H4O/c1-5-24(31)28-18-40-21-37-12-9-34-15-27(8-4,16-35-10-13-38-22-41-19-29-25(32)6-2)17-36-11-14-39-23-42-20-30-26(33)7-3;1-4-22(30)26-19-37-12-9-34-16-25(15-33-8-7-29,17-35-10-13-38-20-27-23(31)5-2)18-36-11-14-39-21-28-24(32)6-3;3*1-2-3/h5-7H,1-3,8-23H2,4H3,(H,28,31)(H,29,32)(H,30,33);4-6,29H,1-3,7-21H2,(H,26,30)(H,27,31)(H,28,32);3*2-3H,1H2. The van der Waals surface area contributed by atoms with Crippen LogP contribution in [0.5, 0.6) is 0 Å². The van der Waals surface area contributed by atoms with Crippen LogP contribution in [0.1, 0.15) is 13.3 Å². The molecular weight excluding hydrogens is 1200 g/mol. The molecule has 0 bridgehead atoms. The van der Waals surface area contributed by atoms with Crippen LogP contribution in [0.2, 0.25) is 0 Å². The van der Waals surface area contributed by atoms with Crippen LogP contribution in [0.4, 0.5) is 0 Å².